The minimum Gasteiger partial charge on any atom is -0.367 e. The maximum Gasteiger partial charge on any atom is 0.241 e. The lowest BCUT2D eigenvalue weighted by Gasteiger charge is -2.38. The summed E-state index contributed by atoms with van der Waals surface area (Å²) in [4.78, 5) is 16.7. The first-order valence-corrected chi connectivity index (χ1v) is 8.65. The van der Waals surface area contributed by atoms with Crippen LogP contribution in [0, 0.1) is 12.7 Å². The van der Waals surface area contributed by atoms with Gasteiger partial charge in [0.1, 0.15) is 5.82 Å². The molecule has 2 aromatic carbocycles. The van der Waals surface area contributed by atoms with Gasteiger partial charge in [0.25, 0.3) is 0 Å². The molecule has 0 aliphatic carbocycles. The highest BCUT2D eigenvalue weighted by Crippen LogP contribution is 2.21. The van der Waals surface area contributed by atoms with Gasteiger partial charge < -0.3 is 10.2 Å². The number of rotatable bonds is 4. The van der Waals surface area contributed by atoms with Crippen LogP contribution < -0.4 is 10.2 Å². The quantitative estimate of drug-likeness (QED) is 0.927. The molecule has 1 atom stereocenters. The zero-order valence-electron chi connectivity index (χ0n) is 14.7. The molecule has 1 saturated heterocycles. The lowest BCUT2D eigenvalue weighted by atomic mass is 10.1. The Hall–Kier alpha value is -2.40. The Morgan fingerprint density at radius 2 is 1.68 bits per heavy atom. The van der Waals surface area contributed by atoms with Crippen LogP contribution in [0.5, 0.6) is 0 Å². The topological polar surface area (TPSA) is 35.6 Å². The second kappa shape index (κ2) is 7.66. The van der Waals surface area contributed by atoms with Crippen LogP contribution in [0.15, 0.2) is 48.5 Å². The van der Waals surface area contributed by atoms with E-state index in [0.717, 1.165) is 24.3 Å². The molecule has 5 heteroatoms. The van der Waals surface area contributed by atoms with Crippen molar-refractivity contribution in [2.24, 2.45) is 0 Å². The summed E-state index contributed by atoms with van der Waals surface area (Å²) in [6, 6.07) is 14.4. The van der Waals surface area contributed by atoms with Gasteiger partial charge in [0, 0.05) is 31.9 Å². The van der Waals surface area contributed by atoms with Crippen molar-refractivity contribution in [2.75, 3.05) is 36.4 Å². The van der Waals surface area contributed by atoms with Crippen LogP contribution >= 0.6 is 0 Å². The van der Waals surface area contributed by atoms with E-state index in [-0.39, 0.29) is 17.8 Å². The SMILES string of the molecule is Cc1ccc(NC(=O)C(C)N2CCN(c3ccccc3F)CC2)cc1. The van der Waals surface area contributed by atoms with Gasteiger partial charge in [0.2, 0.25) is 5.91 Å². The molecule has 1 aliphatic rings. The molecule has 0 spiro atoms. The fourth-order valence-corrected chi connectivity index (χ4v) is 3.11. The molecule has 1 N–H and O–H groups in total. The monoisotopic (exact) mass is 341 g/mol. The number of piperazine rings is 1. The number of anilines is 2. The summed E-state index contributed by atoms with van der Waals surface area (Å²) >= 11 is 0. The Labute approximate surface area is 148 Å². The Balaban J connectivity index is 1.56. The van der Waals surface area contributed by atoms with Gasteiger partial charge in [-0.2, -0.15) is 0 Å². The largest absolute Gasteiger partial charge is 0.367 e. The summed E-state index contributed by atoms with van der Waals surface area (Å²) in [5.74, 6) is -0.204. The average molecular weight is 341 g/mol. The fourth-order valence-electron chi connectivity index (χ4n) is 3.11. The first-order valence-electron chi connectivity index (χ1n) is 8.65. The molecule has 1 aliphatic heterocycles. The zero-order chi connectivity index (χ0) is 17.8. The summed E-state index contributed by atoms with van der Waals surface area (Å²) in [6.07, 6.45) is 0. The number of aryl methyl sites for hydroxylation is 1. The minimum absolute atomic E-state index is 0.0109. The number of para-hydroxylation sites is 1. The number of hydrogen-bond acceptors (Lipinski definition) is 3. The molecule has 4 nitrogen and oxygen atoms in total. The molecule has 3 rings (SSSR count). The van der Waals surface area contributed by atoms with E-state index in [1.807, 2.05) is 49.1 Å². The first-order chi connectivity index (χ1) is 12.0. The Bertz CT molecular complexity index is 724. The van der Waals surface area contributed by atoms with E-state index in [1.54, 1.807) is 12.1 Å². The average Bonchev–Trinajstić information content (AvgIpc) is 2.63. The van der Waals surface area contributed by atoms with Gasteiger partial charge >= 0.3 is 0 Å². The predicted octanol–water partition coefficient (Wildman–Crippen LogP) is 3.28. The molecule has 0 radical (unpaired) electrons. The van der Waals surface area contributed by atoms with Gasteiger partial charge in [-0.15, -0.1) is 0 Å². The summed E-state index contributed by atoms with van der Waals surface area (Å²) in [6.45, 7) is 6.82. The van der Waals surface area contributed by atoms with Crippen molar-refractivity contribution < 1.29 is 9.18 Å². The van der Waals surface area contributed by atoms with E-state index < -0.39 is 0 Å². The highest BCUT2D eigenvalue weighted by Gasteiger charge is 2.26. The lowest BCUT2D eigenvalue weighted by Crippen LogP contribution is -2.53. The third-order valence-corrected chi connectivity index (χ3v) is 4.75. The van der Waals surface area contributed by atoms with Crippen LogP contribution in [0.25, 0.3) is 0 Å². The summed E-state index contributed by atoms with van der Waals surface area (Å²) < 4.78 is 13.9. The van der Waals surface area contributed by atoms with Crippen molar-refractivity contribution in [1.82, 2.24) is 4.90 Å². The molecular formula is C20H24FN3O. The highest BCUT2D eigenvalue weighted by molar-refractivity contribution is 5.94. The molecule has 0 saturated carbocycles. The molecule has 1 fully saturated rings. The molecule has 0 aromatic heterocycles. The van der Waals surface area contributed by atoms with Crippen LogP contribution in [0.1, 0.15) is 12.5 Å². The number of hydrogen-bond donors (Lipinski definition) is 1. The van der Waals surface area contributed by atoms with Crippen molar-refractivity contribution in [3.63, 3.8) is 0 Å². The number of carbonyl (C=O) groups is 1. The normalized spacial score (nSPS) is 16.5. The van der Waals surface area contributed by atoms with Gasteiger partial charge in [-0.05, 0) is 38.1 Å². The van der Waals surface area contributed by atoms with Crippen LogP contribution in [-0.4, -0.2) is 43.0 Å². The van der Waals surface area contributed by atoms with Crippen molar-refractivity contribution >= 4 is 17.3 Å². The Kier molecular flexibility index (Phi) is 5.34. The van der Waals surface area contributed by atoms with Gasteiger partial charge in [0.15, 0.2) is 0 Å². The predicted molar refractivity (Wildman–Crippen MR) is 99.5 cm³/mol. The summed E-state index contributed by atoms with van der Waals surface area (Å²) in [7, 11) is 0. The van der Waals surface area contributed by atoms with Crippen molar-refractivity contribution in [2.45, 2.75) is 19.9 Å². The van der Waals surface area contributed by atoms with Crippen molar-refractivity contribution in [3.05, 3.63) is 59.9 Å². The molecule has 1 amide bonds. The smallest absolute Gasteiger partial charge is 0.241 e. The van der Waals surface area contributed by atoms with Gasteiger partial charge in [0.05, 0.1) is 11.7 Å². The molecule has 25 heavy (non-hydrogen) atoms. The number of amides is 1. The van der Waals surface area contributed by atoms with Crippen LogP contribution in [-0.2, 0) is 4.79 Å². The fraction of sp³-hybridized carbons (Fsp3) is 0.350. The molecule has 0 bridgehead atoms. The molecular weight excluding hydrogens is 317 g/mol. The third-order valence-electron chi connectivity index (χ3n) is 4.75. The van der Waals surface area contributed by atoms with E-state index in [9.17, 15) is 9.18 Å². The molecule has 1 unspecified atom stereocenters. The van der Waals surface area contributed by atoms with Crippen molar-refractivity contribution in [3.8, 4) is 0 Å². The van der Waals surface area contributed by atoms with Gasteiger partial charge in [-0.1, -0.05) is 29.8 Å². The Morgan fingerprint density at radius 1 is 1.04 bits per heavy atom. The lowest BCUT2D eigenvalue weighted by molar-refractivity contribution is -0.120. The molecule has 1 heterocycles. The van der Waals surface area contributed by atoms with E-state index >= 15 is 0 Å². The zero-order valence-corrected chi connectivity index (χ0v) is 14.7. The van der Waals surface area contributed by atoms with Crippen LogP contribution in [0.2, 0.25) is 0 Å². The number of nitrogens with zero attached hydrogens (tertiary/aromatic N) is 2. The summed E-state index contributed by atoms with van der Waals surface area (Å²) in [5.41, 5.74) is 2.61. The van der Waals surface area contributed by atoms with Crippen LogP contribution in [0.4, 0.5) is 15.8 Å². The van der Waals surface area contributed by atoms with Gasteiger partial charge in [-0.3, -0.25) is 9.69 Å². The number of carbonyl (C=O) groups excluding carboxylic acids is 1. The minimum atomic E-state index is -0.218. The standard InChI is InChI=1S/C20H24FN3O/c1-15-7-9-17(10-8-15)22-20(25)16(2)23-11-13-24(14-12-23)19-6-4-3-5-18(19)21/h3-10,16H,11-14H2,1-2H3,(H,22,25). The number of halogens is 1. The van der Waals surface area contributed by atoms with E-state index in [1.165, 1.54) is 6.07 Å². The first kappa shape index (κ1) is 17.4. The van der Waals surface area contributed by atoms with E-state index in [4.69, 9.17) is 0 Å². The van der Waals surface area contributed by atoms with E-state index in [0.29, 0.717) is 18.8 Å². The Morgan fingerprint density at radius 3 is 2.32 bits per heavy atom. The third kappa shape index (κ3) is 4.17. The second-order valence-electron chi connectivity index (χ2n) is 6.51. The number of benzene rings is 2. The highest BCUT2D eigenvalue weighted by atomic mass is 19.1. The maximum atomic E-state index is 13.9. The second-order valence-corrected chi connectivity index (χ2v) is 6.51. The molecule has 132 valence electrons. The van der Waals surface area contributed by atoms with Gasteiger partial charge in [-0.25, -0.2) is 4.39 Å². The summed E-state index contributed by atoms with van der Waals surface area (Å²) in [5, 5.41) is 2.96. The van der Waals surface area contributed by atoms with Crippen LogP contribution in [0.3, 0.4) is 0 Å². The maximum absolute atomic E-state index is 13.9. The van der Waals surface area contributed by atoms with E-state index in [2.05, 4.69) is 10.2 Å². The molecule has 2 aromatic rings. The van der Waals surface area contributed by atoms with Crippen molar-refractivity contribution in [1.29, 1.82) is 0 Å². The number of nitrogens with one attached hydrogen (secondary N) is 1.